The second-order valence-electron chi connectivity index (χ2n) is 8.09. The number of aromatic nitrogens is 3. The van der Waals surface area contributed by atoms with E-state index in [0.717, 1.165) is 29.8 Å². The van der Waals surface area contributed by atoms with Crippen molar-refractivity contribution >= 4 is 11.6 Å². The highest BCUT2D eigenvalue weighted by molar-refractivity contribution is 5.93. The zero-order chi connectivity index (χ0) is 21.5. The quantitative estimate of drug-likeness (QED) is 0.616. The van der Waals surface area contributed by atoms with Crippen LogP contribution in [-0.2, 0) is 6.54 Å². The van der Waals surface area contributed by atoms with Crippen LogP contribution < -0.4 is 10.3 Å². The molecule has 160 valence electrons. The monoisotopic (exact) mass is 420 g/mol. The zero-order valence-electron chi connectivity index (χ0n) is 17.3. The first-order valence-corrected chi connectivity index (χ1v) is 10.4. The predicted octanol–water partition coefficient (Wildman–Crippen LogP) is 1.95. The Labute approximate surface area is 179 Å². The number of nitrogens with zero attached hydrogens (tertiary/aromatic N) is 4. The maximum atomic E-state index is 13.4. The van der Waals surface area contributed by atoms with Gasteiger partial charge in [-0.15, -0.1) is 0 Å². The number of carbonyl (C=O) groups excluding carboxylic acids is 1. The Hall–Kier alpha value is -3.39. The first-order valence-electron chi connectivity index (χ1n) is 10.4. The third-order valence-electron chi connectivity index (χ3n) is 5.97. The summed E-state index contributed by atoms with van der Waals surface area (Å²) in [5.74, 6) is 0.940. The van der Waals surface area contributed by atoms with E-state index in [1.807, 2.05) is 36.5 Å². The van der Waals surface area contributed by atoms with Crippen molar-refractivity contribution in [3.8, 4) is 17.0 Å². The molecule has 1 N–H and O–H groups in total. The van der Waals surface area contributed by atoms with Gasteiger partial charge >= 0.3 is 0 Å². The van der Waals surface area contributed by atoms with Gasteiger partial charge in [0.2, 0.25) is 5.65 Å². The van der Waals surface area contributed by atoms with E-state index in [9.17, 15) is 14.7 Å². The Morgan fingerprint density at radius 3 is 2.68 bits per heavy atom. The molecule has 3 heterocycles. The van der Waals surface area contributed by atoms with E-state index in [4.69, 9.17) is 4.74 Å². The van der Waals surface area contributed by atoms with Crippen molar-refractivity contribution in [1.29, 1.82) is 0 Å². The lowest BCUT2D eigenvalue weighted by atomic mass is 10.1. The summed E-state index contributed by atoms with van der Waals surface area (Å²) in [6.45, 7) is 0.905. The molecule has 1 aliphatic carbocycles. The number of fused-ring (bicyclic) bond motifs is 1. The van der Waals surface area contributed by atoms with Gasteiger partial charge in [-0.2, -0.15) is 0 Å². The fraction of sp³-hybridized carbons (Fsp3) is 0.348. The molecule has 0 bridgehead atoms. The Morgan fingerprint density at radius 2 is 2.00 bits per heavy atom. The Balaban J connectivity index is 1.59. The Morgan fingerprint density at radius 1 is 1.23 bits per heavy atom. The molecule has 1 atom stereocenters. The molecule has 1 aromatic carbocycles. The number of methoxy groups -OCH3 is 1. The van der Waals surface area contributed by atoms with Gasteiger partial charge in [0.05, 0.1) is 25.5 Å². The summed E-state index contributed by atoms with van der Waals surface area (Å²) in [4.78, 5) is 32.3. The maximum absolute atomic E-state index is 13.4. The average Bonchev–Trinajstić information content (AvgIpc) is 3.31. The number of ether oxygens (including phenoxy) is 1. The fourth-order valence-corrected chi connectivity index (χ4v) is 4.03. The van der Waals surface area contributed by atoms with Gasteiger partial charge in [-0.1, -0.05) is 12.2 Å². The van der Waals surface area contributed by atoms with Crippen molar-refractivity contribution in [2.45, 2.75) is 25.4 Å². The van der Waals surface area contributed by atoms with Crippen LogP contribution in [0, 0.1) is 5.92 Å². The number of aliphatic hydroxyl groups excluding tert-OH is 1. The minimum Gasteiger partial charge on any atom is -0.497 e. The maximum Gasteiger partial charge on any atom is 0.294 e. The van der Waals surface area contributed by atoms with Crippen LogP contribution in [0.25, 0.3) is 16.9 Å². The zero-order valence-corrected chi connectivity index (χ0v) is 17.3. The minimum atomic E-state index is -0.362. The smallest absolute Gasteiger partial charge is 0.294 e. The SMILES string of the molecule is COc1ccc(-c2cn3cc(C(=O)N4CC=C[C@@H]4CO)nc3c(=O)n2CC2CC2)cc1. The van der Waals surface area contributed by atoms with Gasteiger partial charge < -0.3 is 19.3 Å². The molecule has 1 fully saturated rings. The lowest BCUT2D eigenvalue weighted by Gasteiger charge is -2.21. The van der Waals surface area contributed by atoms with E-state index in [2.05, 4.69) is 4.98 Å². The standard InChI is InChI=1S/C23H24N4O4/c1-31-18-8-6-16(7-9-18)20-13-25-12-19(22(29)26-10-2-3-17(26)14-28)24-21(25)23(30)27(20)11-15-4-5-15/h2-3,6-9,12-13,15,17,28H,4-5,10-11,14H2,1H3/t17-/m1/s1. The lowest BCUT2D eigenvalue weighted by molar-refractivity contribution is 0.0695. The van der Waals surface area contributed by atoms with Crippen LogP contribution in [0.1, 0.15) is 23.3 Å². The van der Waals surface area contributed by atoms with Crippen molar-refractivity contribution in [3.63, 3.8) is 0 Å². The van der Waals surface area contributed by atoms with Crippen LogP contribution in [0.2, 0.25) is 0 Å². The molecule has 5 rings (SSSR count). The summed E-state index contributed by atoms with van der Waals surface area (Å²) >= 11 is 0. The minimum absolute atomic E-state index is 0.147. The number of imidazole rings is 1. The van der Waals surface area contributed by atoms with Gasteiger partial charge in [-0.05, 0) is 43.0 Å². The number of hydrogen-bond acceptors (Lipinski definition) is 5. The first kappa shape index (κ1) is 19.6. The average molecular weight is 420 g/mol. The number of carbonyl (C=O) groups is 1. The number of rotatable bonds is 6. The van der Waals surface area contributed by atoms with E-state index < -0.39 is 0 Å². The highest BCUT2D eigenvalue weighted by atomic mass is 16.5. The topological polar surface area (TPSA) is 89.1 Å². The van der Waals surface area contributed by atoms with Crippen molar-refractivity contribution in [1.82, 2.24) is 18.9 Å². The molecule has 1 amide bonds. The van der Waals surface area contributed by atoms with Crippen LogP contribution in [-0.4, -0.2) is 56.2 Å². The summed E-state index contributed by atoms with van der Waals surface area (Å²) in [5, 5.41) is 9.51. The fourth-order valence-electron chi connectivity index (χ4n) is 4.03. The van der Waals surface area contributed by atoms with Crippen LogP contribution >= 0.6 is 0 Å². The van der Waals surface area contributed by atoms with Crippen molar-refractivity contribution in [2.75, 3.05) is 20.3 Å². The number of amides is 1. The van der Waals surface area contributed by atoms with Gasteiger partial charge in [-0.3, -0.25) is 14.0 Å². The van der Waals surface area contributed by atoms with E-state index in [1.54, 1.807) is 33.3 Å². The van der Waals surface area contributed by atoms with Crippen LogP contribution in [0.5, 0.6) is 5.75 Å². The van der Waals surface area contributed by atoms with Crippen molar-refractivity contribution in [3.05, 3.63) is 64.9 Å². The van der Waals surface area contributed by atoms with Gasteiger partial charge in [0.25, 0.3) is 11.5 Å². The molecule has 0 spiro atoms. The first-order chi connectivity index (χ1) is 15.1. The molecule has 8 heteroatoms. The molecule has 2 aromatic heterocycles. The lowest BCUT2D eigenvalue weighted by Crippen LogP contribution is -2.38. The molecule has 1 aliphatic heterocycles. The number of hydrogen-bond donors (Lipinski definition) is 1. The summed E-state index contributed by atoms with van der Waals surface area (Å²) in [5.41, 5.74) is 1.89. The second kappa shape index (κ2) is 7.70. The molecule has 0 saturated heterocycles. The Kier molecular flexibility index (Phi) is 4.86. The van der Waals surface area contributed by atoms with E-state index >= 15 is 0 Å². The van der Waals surface area contributed by atoms with Crippen molar-refractivity contribution in [2.24, 2.45) is 5.92 Å². The van der Waals surface area contributed by atoms with Gasteiger partial charge in [0.1, 0.15) is 11.4 Å². The Bertz CT molecular complexity index is 1220. The molecule has 0 radical (unpaired) electrons. The summed E-state index contributed by atoms with van der Waals surface area (Å²) < 4.78 is 8.65. The van der Waals surface area contributed by atoms with E-state index in [-0.39, 0.29) is 35.5 Å². The number of aliphatic hydroxyl groups is 1. The normalized spacial score (nSPS) is 18.1. The molecule has 2 aliphatic rings. The molecule has 0 unspecified atom stereocenters. The molecular formula is C23H24N4O4. The van der Waals surface area contributed by atoms with Crippen LogP contribution in [0.3, 0.4) is 0 Å². The summed E-state index contributed by atoms with van der Waals surface area (Å²) in [6.07, 6.45) is 9.33. The summed E-state index contributed by atoms with van der Waals surface area (Å²) in [6, 6.07) is 7.22. The van der Waals surface area contributed by atoms with E-state index in [1.165, 1.54) is 0 Å². The molecular weight excluding hydrogens is 396 g/mol. The third kappa shape index (κ3) is 3.53. The van der Waals surface area contributed by atoms with Crippen molar-refractivity contribution < 1.29 is 14.6 Å². The van der Waals surface area contributed by atoms with E-state index in [0.29, 0.717) is 19.0 Å². The highest BCUT2D eigenvalue weighted by Crippen LogP contribution is 2.32. The van der Waals surface area contributed by atoms with Gasteiger partial charge in [-0.25, -0.2) is 4.98 Å². The highest BCUT2D eigenvalue weighted by Gasteiger charge is 2.28. The molecule has 3 aromatic rings. The molecule has 31 heavy (non-hydrogen) atoms. The molecule has 1 saturated carbocycles. The second-order valence-corrected chi connectivity index (χ2v) is 8.09. The largest absolute Gasteiger partial charge is 0.497 e. The molecule has 8 nitrogen and oxygen atoms in total. The van der Waals surface area contributed by atoms with Gasteiger partial charge in [0, 0.05) is 31.0 Å². The summed E-state index contributed by atoms with van der Waals surface area (Å²) in [7, 11) is 1.62. The third-order valence-corrected chi connectivity index (χ3v) is 5.97. The van der Waals surface area contributed by atoms with Crippen LogP contribution in [0.4, 0.5) is 0 Å². The van der Waals surface area contributed by atoms with Crippen LogP contribution in [0.15, 0.2) is 53.6 Å². The predicted molar refractivity (Wildman–Crippen MR) is 115 cm³/mol. The number of benzene rings is 1. The van der Waals surface area contributed by atoms with Gasteiger partial charge in [0.15, 0.2) is 0 Å².